The van der Waals surface area contributed by atoms with Gasteiger partial charge < -0.3 is 9.88 Å². The average Bonchev–Trinajstić information content (AvgIpc) is 2.76. The zero-order valence-electron chi connectivity index (χ0n) is 10.0. The van der Waals surface area contributed by atoms with E-state index in [1.165, 1.54) is 0 Å². The molecule has 0 spiro atoms. The first kappa shape index (κ1) is 11.7. The molecule has 0 aromatic carbocycles. The summed E-state index contributed by atoms with van der Waals surface area (Å²) >= 11 is 0. The van der Waals surface area contributed by atoms with Crippen molar-refractivity contribution in [3.05, 3.63) is 42.5 Å². The Morgan fingerprint density at radius 1 is 1.29 bits per heavy atom. The fourth-order valence-corrected chi connectivity index (χ4v) is 1.62. The zero-order chi connectivity index (χ0) is 11.9. The van der Waals surface area contributed by atoms with E-state index in [0.29, 0.717) is 0 Å². The Bertz CT molecular complexity index is 437. The molecule has 0 aliphatic rings. The van der Waals surface area contributed by atoms with Crippen molar-refractivity contribution >= 4 is 0 Å². The largest absolute Gasteiger partial charge is 0.337 e. The Hall–Kier alpha value is -1.75. The van der Waals surface area contributed by atoms with Crippen molar-refractivity contribution in [3.8, 4) is 0 Å². The Morgan fingerprint density at radius 2 is 2.24 bits per heavy atom. The first-order valence-corrected chi connectivity index (χ1v) is 5.78. The lowest BCUT2D eigenvalue weighted by Crippen LogP contribution is -2.17. The summed E-state index contributed by atoms with van der Waals surface area (Å²) < 4.78 is 2.11. The van der Waals surface area contributed by atoms with Crippen LogP contribution in [-0.2, 0) is 13.1 Å². The number of rotatable bonds is 6. The fourth-order valence-electron chi connectivity index (χ4n) is 1.62. The Morgan fingerprint density at radius 3 is 2.94 bits per heavy atom. The molecule has 1 N–H and O–H groups in total. The summed E-state index contributed by atoms with van der Waals surface area (Å²) in [6.07, 6.45) is 10.2. The van der Waals surface area contributed by atoms with Crippen LogP contribution in [0.1, 0.15) is 17.8 Å². The number of hydrogen-bond acceptors (Lipinski definition) is 4. The van der Waals surface area contributed by atoms with Crippen LogP contribution in [0.3, 0.4) is 0 Å². The molecule has 2 rings (SSSR count). The van der Waals surface area contributed by atoms with E-state index in [9.17, 15) is 0 Å². The van der Waals surface area contributed by atoms with Crippen LogP contribution in [0.4, 0.5) is 0 Å². The van der Waals surface area contributed by atoms with Gasteiger partial charge in [-0.3, -0.25) is 9.97 Å². The second kappa shape index (κ2) is 6.10. The number of imidazole rings is 1. The number of hydrogen-bond donors (Lipinski definition) is 1. The molecule has 2 aromatic rings. The van der Waals surface area contributed by atoms with Crippen molar-refractivity contribution in [3.63, 3.8) is 0 Å². The van der Waals surface area contributed by atoms with Crippen LogP contribution in [0, 0.1) is 6.92 Å². The molecule has 0 fully saturated rings. The van der Waals surface area contributed by atoms with Gasteiger partial charge in [-0.2, -0.15) is 0 Å². The molecule has 0 radical (unpaired) electrons. The van der Waals surface area contributed by atoms with Crippen LogP contribution in [0.2, 0.25) is 0 Å². The molecule has 0 unspecified atom stereocenters. The maximum Gasteiger partial charge on any atom is 0.0949 e. The molecule has 90 valence electrons. The molecule has 2 heterocycles. The van der Waals surface area contributed by atoms with Crippen LogP contribution >= 0.6 is 0 Å². The first-order chi connectivity index (χ1) is 8.34. The Kier molecular flexibility index (Phi) is 4.21. The van der Waals surface area contributed by atoms with E-state index in [0.717, 1.165) is 37.4 Å². The van der Waals surface area contributed by atoms with E-state index < -0.39 is 0 Å². The quantitative estimate of drug-likeness (QED) is 0.758. The van der Waals surface area contributed by atoms with Crippen molar-refractivity contribution < 1.29 is 0 Å². The Labute approximate surface area is 101 Å². The fraction of sp³-hybridized carbons (Fsp3) is 0.417. The monoisotopic (exact) mass is 231 g/mol. The van der Waals surface area contributed by atoms with Gasteiger partial charge in [-0.05, 0) is 19.9 Å². The van der Waals surface area contributed by atoms with Gasteiger partial charge in [0.25, 0.3) is 0 Å². The summed E-state index contributed by atoms with van der Waals surface area (Å²) in [4.78, 5) is 12.4. The van der Waals surface area contributed by atoms with Crippen LogP contribution < -0.4 is 5.32 Å². The maximum atomic E-state index is 4.20. The summed E-state index contributed by atoms with van der Waals surface area (Å²) in [6.45, 7) is 4.74. The molecule has 0 amide bonds. The SMILES string of the molecule is Cc1cn(CCCNCc2cnccn2)cn1. The number of nitrogens with zero attached hydrogens (tertiary/aromatic N) is 4. The molecule has 0 aliphatic heterocycles. The average molecular weight is 231 g/mol. The van der Waals surface area contributed by atoms with Crippen molar-refractivity contribution in [1.82, 2.24) is 24.8 Å². The van der Waals surface area contributed by atoms with Gasteiger partial charge in [-0.25, -0.2) is 4.98 Å². The summed E-state index contributed by atoms with van der Waals surface area (Å²) in [6, 6.07) is 0. The number of aromatic nitrogens is 4. The molecule has 0 atom stereocenters. The molecule has 5 nitrogen and oxygen atoms in total. The predicted molar refractivity (Wildman–Crippen MR) is 65.3 cm³/mol. The van der Waals surface area contributed by atoms with Gasteiger partial charge in [0.05, 0.1) is 17.7 Å². The van der Waals surface area contributed by atoms with Gasteiger partial charge in [0, 0.05) is 37.9 Å². The molecule has 0 aliphatic carbocycles. The van der Waals surface area contributed by atoms with Gasteiger partial charge in [-0.1, -0.05) is 0 Å². The highest BCUT2D eigenvalue weighted by Gasteiger charge is 1.95. The number of nitrogens with one attached hydrogen (secondary N) is 1. The number of aryl methyl sites for hydroxylation is 2. The van der Waals surface area contributed by atoms with Crippen LogP contribution in [0.15, 0.2) is 31.1 Å². The van der Waals surface area contributed by atoms with Gasteiger partial charge in [0.1, 0.15) is 0 Å². The maximum absolute atomic E-state index is 4.20. The Balaban J connectivity index is 1.61. The third-order valence-electron chi connectivity index (χ3n) is 2.45. The summed E-state index contributed by atoms with van der Waals surface area (Å²) in [5, 5.41) is 3.34. The minimum atomic E-state index is 0.775. The van der Waals surface area contributed by atoms with Crippen LogP contribution in [0.25, 0.3) is 0 Å². The summed E-state index contributed by atoms with van der Waals surface area (Å²) in [5.74, 6) is 0. The van der Waals surface area contributed by atoms with E-state index in [4.69, 9.17) is 0 Å². The van der Waals surface area contributed by atoms with Gasteiger partial charge in [0.2, 0.25) is 0 Å². The van der Waals surface area contributed by atoms with Gasteiger partial charge in [-0.15, -0.1) is 0 Å². The molecular formula is C12H17N5. The lowest BCUT2D eigenvalue weighted by molar-refractivity contribution is 0.576. The lowest BCUT2D eigenvalue weighted by atomic mass is 10.4. The van der Waals surface area contributed by atoms with E-state index in [1.54, 1.807) is 18.6 Å². The van der Waals surface area contributed by atoms with Crippen molar-refractivity contribution in [2.45, 2.75) is 26.4 Å². The summed E-state index contributed by atoms with van der Waals surface area (Å²) in [5.41, 5.74) is 2.04. The third-order valence-corrected chi connectivity index (χ3v) is 2.45. The highest BCUT2D eigenvalue weighted by molar-refractivity contribution is 4.94. The highest BCUT2D eigenvalue weighted by atomic mass is 15.0. The lowest BCUT2D eigenvalue weighted by Gasteiger charge is -2.04. The van der Waals surface area contributed by atoms with Crippen molar-refractivity contribution in [2.24, 2.45) is 0 Å². The molecule has 17 heavy (non-hydrogen) atoms. The zero-order valence-corrected chi connectivity index (χ0v) is 10.0. The van der Waals surface area contributed by atoms with Crippen molar-refractivity contribution in [2.75, 3.05) is 6.54 Å². The second-order valence-corrected chi connectivity index (χ2v) is 3.98. The first-order valence-electron chi connectivity index (χ1n) is 5.78. The predicted octanol–water partition coefficient (Wildman–Crippen LogP) is 1.16. The second-order valence-electron chi connectivity index (χ2n) is 3.98. The topological polar surface area (TPSA) is 55.6 Å². The molecule has 5 heteroatoms. The third kappa shape index (κ3) is 3.96. The minimum Gasteiger partial charge on any atom is -0.337 e. The highest BCUT2D eigenvalue weighted by Crippen LogP contribution is 1.95. The molecule has 0 bridgehead atoms. The van der Waals surface area contributed by atoms with Gasteiger partial charge >= 0.3 is 0 Å². The normalized spacial score (nSPS) is 10.6. The van der Waals surface area contributed by atoms with E-state index in [2.05, 4.69) is 31.0 Å². The van der Waals surface area contributed by atoms with Crippen molar-refractivity contribution in [1.29, 1.82) is 0 Å². The van der Waals surface area contributed by atoms with Gasteiger partial charge in [0.15, 0.2) is 0 Å². The van der Waals surface area contributed by atoms with E-state index in [-0.39, 0.29) is 0 Å². The van der Waals surface area contributed by atoms with E-state index in [1.807, 2.05) is 13.3 Å². The summed E-state index contributed by atoms with van der Waals surface area (Å²) in [7, 11) is 0. The molecule has 2 aromatic heterocycles. The standard InChI is InChI=1S/C12H17N5/c1-11-9-17(10-16-11)6-2-3-13-7-12-8-14-4-5-15-12/h4-5,8-10,13H,2-3,6-7H2,1H3. The molecule has 0 saturated carbocycles. The molecule has 0 saturated heterocycles. The minimum absolute atomic E-state index is 0.775. The van der Waals surface area contributed by atoms with Crippen LogP contribution in [-0.4, -0.2) is 26.1 Å². The van der Waals surface area contributed by atoms with Crippen LogP contribution in [0.5, 0.6) is 0 Å². The van der Waals surface area contributed by atoms with E-state index >= 15 is 0 Å². The molecular weight excluding hydrogens is 214 g/mol. The smallest absolute Gasteiger partial charge is 0.0949 e.